The second kappa shape index (κ2) is 12.0. The number of guanidine groups is 1. The van der Waals surface area contributed by atoms with Crippen molar-refractivity contribution in [2.45, 2.75) is 58.8 Å². The molecule has 1 heterocycles. The molecule has 0 radical (unpaired) electrons. The molecular weight excluding hydrogens is 375 g/mol. The van der Waals surface area contributed by atoms with Gasteiger partial charge in [-0.2, -0.15) is 13.2 Å². The van der Waals surface area contributed by atoms with Crippen LogP contribution in [0, 0.1) is 5.92 Å². The van der Waals surface area contributed by atoms with Crippen LogP contribution in [0.4, 0.5) is 18.0 Å². The molecule has 0 aromatic carbocycles. The van der Waals surface area contributed by atoms with E-state index in [0.717, 1.165) is 6.42 Å². The molecule has 1 aliphatic rings. The van der Waals surface area contributed by atoms with Crippen LogP contribution in [0.3, 0.4) is 0 Å². The lowest BCUT2D eigenvalue weighted by atomic mass is 10.0. The Kier molecular flexibility index (Phi) is 10.4. The number of ether oxygens (including phenoxy) is 1. The number of carbonyl (C=O) groups is 1. The van der Waals surface area contributed by atoms with Crippen molar-refractivity contribution in [2.24, 2.45) is 10.9 Å². The molecule has 0 bridgehead atoms. The molecule has 7 nitrogen and oxygen atoms in total. The summed E-state index contributed by atoms with van der Waals surface area (Å²) in [6.07, 6.45) is -3.29. The van der Waals surface area contributed by atoms with Crippen LogP contribution in [0.1, 0.15) is 40.5 Å². The summed E-state index contributed by atoms with van der Waals surface area (Å²) >= 11 is 0. The number of alkyl halides is 3. The van der Waals surface area contributed by atoms with Crippen molar-refractivity contribution in [1.82, 2.24) is 20.9 Å². The monoisotopic (exact) mass is 409 g/mol. The Balaban J connectivity index is 2.64. The van der Waals surface area contributed by atoms with Gasteiger partial charge >= 0.3 is 12.3 Å². The fraction of sp³-hybridized carbons (Fsp3) is 0.889. The molecule has 164 valence electrons. The van der Waals surface area contributed by atoms with Gasteiger partial charge in [-0.15, -0.1) is 0 Å². The first-order valence-corrected chi connectivity index (χ1v) is 9.90. The van der Waals surface area contributed by atoms with E-state index in [2.05, 4.69) is 34.8 Å². The summed E-state index contributed by atoms with van der Waals surface area (Å²) in [4.78, 5) is 17.6. The van der Waals surface area contributed by atoms with Gasteiger partial charge in [0.15, 0.2) is 5.96 Å². The third kappa shape index (κ3) is 10.6. The van der Waals surface area contributed by atoms with Gasteiger partial charge in [0, 0.05) is 25.7 Å². The van der Waals surface area contributed by atoms with E-state index < -0.39 is 18.8 Å². The van der Waals surface area contributed by atoms with Crippen LogP contribution < -0.4 is 16.0 Å². The molecule has 0 aliphatic carbocycles. The molecule has 0 saturated carbocycles. The van der Waals surface area contributed by atoms with Gasteiger partial charge in [-0.3, -0.25) is 9.89 Å². The van der Waals surface area contributed by atoms with Crippen molar-refractivity contribution >= 4 is 12.1 Å². The first-order chi connectivity index (χ1) is 13.1. The van der Waals surface area contributed by atoms with Crippen LogP contribution >= 0.6 is 0 Å². The molecule has 28 heavy (non-hydrogen) atoms. The Hall–Kier alpha value is -1.71. The predicted octanol–water partition coefficient (Wildman–Crippen LogP) is 2.34. The maximum atomic E-state index is 12.5. The maximum Gasteiger partial charge on any atom is 0.407 e. The van der Waals surface area contributed by atoms with Crippen LogP contribution in [-0.4, -0.2) is 74.5 Å². The second-order valence-electron chi connectivity index (χ2n) is 7.39. The van der Waals surface area contributed by atoms with E-state index in [1.165, 1.54) is 4.90 Å². The van der Waals surface area contributed by atoms with Gasteiger partial charge in [0.1, 0.15) is 0 Å². The average Bonchev–Trinajstić information content (AvgIpc) is 2.97. The SMILES string of the molecule is CCNC(=NCC(CC(C)C)NC(=O)OCC)NC1CCN(CC(F)(F)F)C1. The average molecular weight is 409 g/mol. The normalized spacial score (nSPS) is 19.6. The third-order valence-electron chi connectivity index (χ3n) is 4.18. The number of amides is 1. The standard InChI is InChI=1S/C18H34F3N5O2/c1-5-22-16(24-14-7-8-26(11-14)12-18(19,20)21)23-10-15(9-13(3)4)25-17(27)28-6-2/h13-15H,5-12H2,1-4H3,(H,25,27)(H2,22,23,24). The second-order valence-corrected chi connectivity index (χ2v) is 7.39. The molecule has 0 aromatic heterocycles. The van der Waals surface area contributed by atoms with E-state index >= 15 is 0 Å². The molecule has 2 unspecified atom stereocenters. The third-order valence-corrected chi connectivity index (χ3v) is 4.18. The Morgan fingerprint density at radius 1 is 1.32 bits per heavy atom. The number of aliphatic imine (C=N–C) groups is 1. The number of halogens is 3. The van der Waals surface area contributed by atoms with Gasteiger partial charge in [-0.25, -0.2) is 4.79 Å². The smallest absolute Gasteiger partial charge is 0.407 e. The Labute approximate surface area is 165 Å². The fourth-order valence-electron chi connectivity index (χ4n) is 3.15. The molecule has 1 saturated heterocycles. The van der Waals surface area contributed by atoms with Crippen LogP contribution in [0.2, 0.25) is 0 Å². The summed E-state index contributed by atoms with van der Waals surface area (Å²) in [5, 5.41) is 9.14. The number of nitrogens with one attached hydrogen (secondary N) is 3. The van der Waals surface area contributed by atoms with Gasteiger partial charge in [0.2, 0.25) is 0 Å². The lowest BCUT2D eigenvalue weighted by Gasteiger charge is -2.21. The van der Waals surface area contributed by atoms with Gasteiger partial charge in [0.05, 0.1) is 25.7 Å². The van der Waals surface area contributed by atoms with Crippen LogP contribution in [0.25, 0.3) is 0 Å². The zero-order valence-corrected chi connectivity index (χ0v) is 17.2. The highest BCUT2D eigenvalue weighted by Gasteiger charge is 2.34. The van der Waals surface area contributed by atoms with E-state index in [-0.39, 0.29) is 12.1 Å². The quantitative estimate of drug-likeness (QED) is 0.403. The van der Waals surface area contributed by atoms with Crippen LogP contribution in [0.15, 0.2) is 4.99 Å². The molecular formula is C18H34F3N5O2. The number of carbonyl (C=O) groups excluding carboxylic acids is 1. The van der Waals surface area contributed by atoms with Crippen molar-refractivity contribution in [3.05, 3.63) is 0 Å². The molecule has 10 heteroatoms. The van der Waals surface area contributed by atoms with Crippen molar-refractivity contribution in [2.75, 3.05) is 39.3 Å². The number of nitrogens with zero attached hydrogens (tertiary/aromatic N) is 2. The van der Waals surface area contributed by atoms with Crippen molar-refractivity contribution < 1.29 is 22.7 Å². The first kappa shape index (κ1) is 24.3. The summed E-state index contributed by atoms with van der Waals surface area (Å²) in [7, 11) is 0. The lowest BCUT2D eigenvalue weighted by Crippen LogP contribution is -2.46. The molecule has 2 atom stereocenters. The van der Waals surface area contributed by atoms with E-state index in [1.54, 1.807) is 6.92 Å². The maximum absolute atomic E-state index is 12.5. The molecule has 0 aromatic rings. The van der Waals surface area contributed by atoms with Crippen LogP contribution in [0.5, 0.6) is 0 Å². The van der Waals surface area contributed by atoms with E-state index in [9.17, 15) is 18.0 Å². The Morgan fingerprint density at radius 2 is 2.04 bits per heavy atom. The minimum atomic E-state index is -4.18. The van der Waals surface area contributed by atoms with Crippen molar-refractivity contribution in [1.29, 1.82) is 0 Å². The summed E-state index contributed by atoms with van der Waals surface area (Å²) in [5.41, 5.74) is 0. The zero-order chi connectivity index (χ0) is 21.2. The van der Waals surface area contributed by atoms with Gasteiger partial charge in [0.25, 0.3) is 0 Å². The number of rotatable bonds is 9. The summed E-state index contributed by atoms with van der Waals surface area (Å²) in [6.45, 7) is 8.88. The first-order valence-electron chi connectivity index (χ1n) is 9.90. The molecule has 1 amide bonds. The summed E-state index contributed by atoms with van der Waals surface area (Å²) in [5.74, 6) is 0.907. The largest absolute Gasteiger partial charge is 0.450 e. The summed E-state index contributed by atoms with van der Waals surface area (Å²) in [6, 6.07) is -0.276. The number of alkyl carbamates (subject to hydrolysis) is 1. The van der Waals surface area contributed by atoms with Gasteiger partial charge in [-0.1, -0.05) is 13.8 Å². The minimum Gasteiger partial charge on any atom is -0.450 e. The molecule has 3 N–H and O–H groups in total. The molecule has 1 rings (SSSR count). The number of hydrogen-bond acceptors (Lipinski definition) is 4. The van der Waals surface area contributed by atoms with E-state index in [1.807, 2.05) is 6.92 Å². The Bertz CT molecular complexity index is 500. The molecule has 1 fully saturated rings. The number of likely N-dealkylation sites (tertiary alicyclic amines) is 1. The highest BCUT2D eigenvalue weighted by Crippen LogP contribution is 2.19. The van der Waals surface area contributed by atoms with Gasteiger partial charge < -0.3 is 20.7 Å². The van der Waals surface area contributed by atoms with E-state index in [4.69, 9.17) is 4.74 Å². The van der Waals surface area contributed by atoms with Crippen LogP contribution in [-0.2, 0) is 4.74 Å². The zero-order valence-electron chi connectivity index (χ0n) is 17.2. The van der Waals surface area contributed by atoms with Crippen molar-refractivity contribution in [3.8, 4) is 0 Å². The highest BCUT2D eigenvalue weighted by molar-refractivity contribution is 5.80. The van der Waals surface area contributed by atoms with Crippen molar-refractivity contribution in [3.63, 3.8) is 0 Å². The summed E-state index contributed by atoms with van der Waals surface area (Å²) < 4.78 is 42.6. The number of hydrogen-bond donors (Lipinski definition) is 3. The molecule has 0 spiro atoms. The molecule has 1 aliphatic heterocycles. The lowest BCUT2D eigenvalue weighted by molar-refractivity contribution is -0.143. The topological polar surface area (TPSA) is 78.0 Å². The predicted molar refractivity (Wildman–Crippen MR) is 103 cm³/mol. The minimum absolute atomic E-state index is 0.0956. The Morgan fingerprint density at radius 3 is 2.61 bits per heavy atom. The highest BCUT2D eigenvalue weighted by atomic mass is 19.4. The van der Waals surface area contributed by atoms with Gasteiger partial charge in [-0.05, 0) is 32.6 Å². The fourth-order valence-corrected chi connectivity index (χ4v) is 3.15. The van der Waals surface area contributed by atoms with E-state index in [0.29, 0.717) is 51.1 Å².